The molecule has 164 valence electrons. The fourth-order valence-electron chi connectivity index (χ4n) is 3.12. The quantitative estimate of drug-likeness (QED) is 0.728. The van der Waals surface area contributed by atoms with E-state index < -0.39 is 6.23 Å². The van der Waals surface area contributed by atoms with Gasteiger partial charge in [0.15, 0.2) is 11.5 Å². The van der Waals surface area contributed by atoms with Crippen LogP contribution in [-0.2, 0) is 14.3 Å². The topological polar surface area (TPSA) is 98.7 Å². The molecule has 1 aliphatic heterocycles. The van der Waals surface area contributed by atoms with Crippen LogP contribution in [0.4, 0.5) is 5.69 Å². The number of carbonyl (C=O) groups is 2. The van der Waals surface area contributed by atoms with Crippen molar-refractivity contribution in [3.8, 4) is 17.2 Å². The van der Waals surface area contributed by atoms with E-state index in [9.17, 15) is 9.59 Å². The van der Waals surface area contributed by atoms with E-state index in [-0.39, 0.29) is 17.7 Å². The van der Waals surface area contributed by atoms with E-state index in [1.54, 1.807) is 43.3 Å². The van der Waals surface area contributed by atoms with E-state index in [1.807, 2.05) is 0 Å². The molecule has 0 spiro atoms. The molecule has 1 aliphatic rings. The third-order valence-corrected chi connectivity index (χ3v) is 4.65. The van der Waals surface area contributed by atoms with Crippen LogP contribution in [0.15, 0.2) is 41.5 Å². The van der Waals surface area contributed by atoms with Gasteiger partial charge >= 0.3 is 0 Å². The highest BCUT2D eigenvalue weighted by Gasteiger charge is 2.34. The summed E-state index contributed by atoms with van der Waals surface area (Å²) in [5.41, 5.74) is 1.83. The van der Waals surface area contributed by atoms with Gasteiger partial charge in [-0.3, -0.25) is 9.59 Å². The number of ether oxygens (including phenoxy) is 4. The van der Waals surface area contributed by atoms with Gasteiger partial charge in [0.05, 0.1) is 21.3 Å². The van der Waals surface area contributed by atoms with Gasteiger partial charge in [0.1, 0.15) is 0 Å². The average molecular weight is 427 g/mol. The normalized spacial score (nSPS) is 15.1. The molecule has 31 heavy (non-hydrogen) atoms. The fraction of sp³-hybridized carbons (Fsp3) is 0.318. The number of hydrogen-bond acceptors (Lipinski definition) is 7. The summed E-state index contributed by atoms with van der Waals surface area (Å²) in [7, 11) is 4.54. The van der Waals surface area contributed by atoms with Crippen molar-refractivity contribution in [2.45, 2.75) is 26.5 Å². The second-order valence-electron chi connectivity index (χ2n) is 6.68. The molecule has 0 unspecified atom stereocenters. The fourth-order valence-corrected chi connectivity index (χ4v) is 3.12. The monoisotopic (exact) mass is 427 g/mol. The Bertz CT molecular complexity index is 995. The van der Waals surface area contributed by atoms with Crippen LogP contribution in [-0.4, -0.2) is 44.1 Å². The Morgan fingerprint density at radius 3 is 2.32 bits per heavy atom. The molecule has 3 rings (SSSR count). The smallest absolute Gasteiger partial charge is 0.243 e. The molecule has 0 aliphatic carbocycles. The third kappa shape index (κ3) is 4.55. The van der Waals surface area contributed by atoms with Crippen LogP contribution in [0.2, 0.25) is 0 Å². The molecule has 0 bridgehead atoms. The summed E-state index contributed by atoms with van der Waals surface area (Å²) in [4.78, 5) is 24.0. The molecule has 2 aromatic carbocycles. The van der Waals surface area contributed by atoms with E-state index in [1.165, 1.54) is 33.3 Å². The zero-order chi connectivity index (χ0) is 22.5. The van der Waals surface area contributed by atoms with E-state index in [0.29, 0.717) is 40.5 Å². The molecule has 2 aromatic rings. The van der Waals surface area contributed by atoms with Gasteiger partial charge < -0.3 is 24.3 Å². The predicted molar refractivity (Wildman–Crippen MR) is 114 cm³/mol. The maximum absolute atomic E-state index is 12.3. The summed E-state index contributed by atoms with van der Waals surface area (Å²) in [6.07, 6.45) is -0.460. The minimum absolute atomic E-state index is 0.105. The van der Waals surface area contributed by atoms with E-state index >= 15 is 0 Å². The zero-order valence-corrected chi connectivity index (χ0v) is 18.1. The number of rotatable bonds is 7. The SMILES string of the molecule is CCC(=O)Nc1cccc(C2=NN(C(C)=O)[C@H](c3cc(OC)c(OC)c(OC)c3)O2)c1. The molecule has 0 fully saturated rings. The van der Waals surface area contributed by atoms with Gasteiger partial charge in [-0.1, -0.05) is 13.0 Å². The van der Waals surface area contributed by atoms with Gasteiger partial charge in [0.25, 0.3) is 0 Å². The number of nitrogens with zero attached hydrogens (tertiary/aromatic N) is 2. The van der Waals surface area contributed by atoms with Crippen LogP contribution in [0.1, 0.15) is 37.6 Å². The number of hydrogen-bond donors (Lipinski definition) is 1. The number of methoxy groups -OCH3 is 3. The predicted octanol–water partition coefficient (Wildman–Crippen LogP) is 3.30. The number of anilines is 1. The van der Waals surface area contributed by atoms with Gasteiger partial charge in [-0.2, -0.15) is 5.01 Å². The number of nitrogens with one attached hydrogen (secondary N) is 1. The molecule has 0 saturated carbocycles. The van der Waals surface area contributed by atoms with Gasteiger partial charge in [-0.15, -0.1) is 5.10 Å². The molecule has 0 saturated heterocycles. The lowest BCUT2D eigenvalue weighted by Crippen LogP contribution is -2.25. The van der Waals surface area contributed by atoms with Gasteiger partial charge in [0, 0.05) is 30.2 Å². The lowest BCUT2D eigenvalue weighted by molar-refractivity contribution is -0.135. The first kappa shape index (κ1) is 21.9. The molecule has 9 heteroatoms. The highest BCUT2D eigenvalue weighted by Crippen LogP contribution is 2.42. The van der Waals surface area contributed by atoms with Crippen LogP contribution in [0, 0.1) is 0 Å². The summed E-state index contributed by atoms with van der Waals surface area (Å²) in [5, 5.41) is 8.40. The first-order valence-electron chi connectivity index (χ1n) is 9.67. The molecule has 9 nitrogen and oxygen atoms in total. The maximum atomic E-state index is 12.3. The third-order valence-electron chi connectivity index (χ3n) is 4.65. The summed E-state index contributed by atoms with van der Waals surface area (Å²) >= 11 is 0. The second-order valence-corrected chi connectivity index (χ2v) is 6.68. The van der Waals surface area contributed by atoms with Crippen molar-refractivity contribution in [3.63, 3.8) is 0 Å². The van der Waals surface area contributed by atoms with Crippen LogP contribution >= 0.6 is 0 Å². The van der Waals surface area contributed by atoms with E-state index in [4.69, 9.17) is 18.9 Å². The average Bonchev–Trinajstić information content (AvgIpc) is 3.24. The minimum Gasteiger partial charge on any atom is -0.493 e. The van der Waals surface area contributed by atoms with Crippen LogP contribution < -0.4 is 19.5 Å². The first-order valence-corrected chi connectivity index (χ1v) is 9.67. The standard InChI is InChI=1S/C22H25N3O6/c1-6-19(27)23-16-9-7-8-14(10-16)21-24-25(13(2)26)22(31-21)15-11-17(28-3)20(30-5)18(12-15)29-4/h7-12,22H,6H2,1-5H3,(H,23,27)/t22-/m0/s1. The van der Waals surface area contributed by atoms with Gasteiger partial charge in [-0.05, 0) is 30.3 Å². The lowest BCUT2D eigenvalue weighted by Gasteiger charge is -2.21. The molecule has 1 heterocycles. The Morgan fingerprint density at radius 2 is 1.77 bits per heavy atom. The van der Waals surface area contributed by atoms with E-state index in [2.05, 4.69) is 10.4 Å². The summed E-state index contributed by atoms with van der Waals surface area (Å²) in [6.45, 7) is 3.18. The van der Waals surface area contributed by atoms with Crippen LogP contribution in [0.3, 0.4) is 0 Å². The number of hydrazone groups is 1. The van der Waals surface area contributed by atoms with Crippen LogP contribution in [0.25, 0.3) is 0 Å². The maximum Gasteiger partial charge on any atom is 0.243 e. The molecular weight excluding hydrogens is 402 g/mol. The van der Waals surface area contributed by atoms with Crippen molar-refractivity contribution in [3.05, 3.63) is 47.5 Å². The Kier molecular flexibility index (Phi) is 6.64. The Balaban J connectivity index is 1.97. The van der Waals surface area contributed by atoms with Gasteiger partial charge in [-0.25, -0.2) is 0 Å². The van der Waals surface area contributed by atoms with Crippen molar-refractivity contribution in [1.29, 1.82) is 0 Å². The van der Waals surface area contributed by atoms with Crippen molar-refractivity contribution in [1.82, 2.24) is 5.01 Å². The molecule has 2 amide bonds. The van der Waals surface area contributed by atoms with Crippen molar-refractivity contribution in [2.75, 3.05) is 26.6 Å². The second kappa shape index (κ2) is 9.38. The Morgan fingerprint density at radius 1 is 1.10 bits per heavy atom. The minimum atomic E-state index is -0.824. The Labute approximate surface area is 180 Å². The highest BCUT2D eigenvalue weighted by atomic mass is 16.5. The van der Waals surface area contributed by atoms with Crippen LogP contribution in [0.5, 0.6) is 17.2 Å². The molecule has 0 radical (unpaired) electrons. The lowest BCUT2D eigenvalue weighted by atomic mass is 10.1. The number of amides is 2. The summed E-state index contributed by atoms with van der Waals surface area (Å²) in [5.74, 6) is 1.14. The van der Waals surface area contributed by atoms with Crippen molar-refractivity contribution < 1.29 is 28.5 Å². The zero-order valence-electron chi connectivity index (χ0n) is 18.1. The van der Waals surface area contributed by atoms with Crippen molar-refractivity contribution >= 4 is 23.4 Å². The van der Waals surface area contributed by atoms with Gasteiger partial charge in [0.2, 0.25) is 29.7 Å². The number of carbonyl (C=O) groups excluding carboxylic acids is 2. The molecule has 0 aromatic heterocycles. The summed E-state index contributed by atoms with van der Waals surface area (Å²) in [6, 6.07) is 10.5. The van der Waals surface area contributed by atoms with E-state index in [0.717, 1.165) is 0 Å². The Hall–Kier alpha value is -3.75. The number of benzene rings is 2. The molecular formula is C22H25N3O6. The first-order chi connectivity index (χ1) is 14.9. The summed E-state index contributed by atoms with van der Waals surface area (Å²) < 4.78 is 22.2. The highest BCUT2D eigenvalue weighted by molar-refractivity contribution is 5.98. The molecule has 1 atom stereocenters. The van der Waals surface area contributed by atoms with Crippen molar-refractivity contribution in [2.24, 2.45) is 5.10 Å². The largest absolute Gasteiger partial charge is 0.493 e. The molecule has 1 N–H and O–H groups in total.